The fourth-order valence-electron chi connectivity index (χ4n) is 3.07. The highest BCUT2D eigenvalue weighted by molar-refractivity contribution is 5.91. The van der Waals surface area contributed by atoms with Gasteiger partial charge in [-0.05, 0) is 23.8 Å². The first-order chi connectivity index (χ1) is 13.8. The number of carbonyl (C=O) groups is 1. The summed E-state index contributed by atoms with van der Waals surface area (Å²) in [7, 11) is 0. The van der Waals surface area contributed by atoms with Crippen molar-refractivity contribution in [2.75, 3.05) is 32.8 Å². The molecule has 8 nitrogen and oxygen atoms in total. The average molecular weight is 413 g/mol. The van der Waals surface area contributed by atoms with Crippen LogP contribution in [-0.4, -0.2) is 48.6 Å². The Morgan fingerprint density at radius 3 is 2.38 bits per heavy atom. The second-order valence-electron chi connectivity index (χ2n) is 6.39. The molecule has 11 heteroatoms. The van der Waals surface area contributed by atoms with E-state index in [9.17, 15) is 28.1 Å². The summed E-state index contributed by atoms with van der Waals surface area (Å²) in [4.78, 5) is 24.2. The Balaban J connectivity index is 1.74. The number of rotatable bonds is 6. The molecule has 0 bridgehead atoms. The minimum absolute atomic E-state index is 0.0820. The van der Waals surface area contributed by atoms with Crippen molar-refractivity contribution in [1.82, 2.24) is 10.2 Å². The number of amides is 1. The largest absolute Gasteiger partial charge is 0.433 e. The van der Waals surface area contributed by atoms with E-state index in [-0.39, 0.29) is 12.3 Å². The summed E-state index contributed by atoms with van der Waals surface area (Å²) in [5, 5.41) is 13.3. The molecule has 0 aliphatic carbocycles. The lowest BCUT2D eigenvalue weighted by molar-refractivity contribution is -0.402. The van der Waals surface area contributed by atoms with Crippen LogP contribution in [0.15, 0.2) is 40.8 Å². The number of ether oxygens (including phenoxy) is 1. The third-order valence-electron chi connectivity index (χ3n) is 4.56. The summed E-state index contributed by atoms with van der Waals surface area (Å²) in [5.41, 5.74) is -0.153. The average Bonchev–Trinajstić information content (AvgIpc) is 3.19. The molecule has 1 saturated heterocycles. The van der Waals surface area contributed by atoms with Gasteiger partial charge in [0.15, 0.2) is 5.76 Å². The van der Waals surface area contributed by atoms with E-state index in [0.717, 1.165) is 18.2 Å². The maximum atomic E-state index is 12.8. The third-order valence-corrected chi connectivity index (χ3v) is 4.56. The first-order valence-corrected chi connectivity index (χ1v) is 8.77. The van der Waals surface area contributed by atoms with Crippen LogP contribution in [0.1, 0.15) is 27.7 Å². The second kappa shape index (κ2) is 8.62. The van der Waals surface area contributed by atoms with E-state index in [1.54, 1.807) is 0 Å². The van der Waals surface area contributed by atoms with E-state index in [1.165, 1.54) is 18.2 Å². The molecule has 0 radical (unpaired) electrons. The molecule has 3 rings (SSSR count). The maximum absolute atomic E-state index is 12.8. The molecular weight excluding hydrogens is 395 g/mol. The van der Waals surface area contributed by atoms with E-state index < -0.39 is 34.5 Å². The summed E-state index contributed by atoms with van der Waals surface area (Å²) in [6, 6.07) is 6.63. The number of furan rings is 1. The smallest absolute Gasteiger partial charge is 0.395 e. The molecule has 1 aromatic heterocycles. The van der Waals surface area contributed by atoms with Gasteiger partial charge in [-0.25, -0.2) is 0 Å². The van der Waals surface area contributed by atoms with Gasteiger partial charge >= 0.3 is 12.1 Å². The number of morpholine rings is 1. The minimum Gasteiger partial charge on any atom is -0.395 e. The molecule has 1 aliphatic heterocycles. The number of hydrogen-bond donors (Lipinski definition) is 1. The van der Waals surface area contributed by atoms with E-state index in [0.29, 0.717) is 31.9 Å². The maximum Gasteiger partial charge on any atom is 0.433 e. The highest BCUT2D eigenvalue weighted by Crippen LogP contribution is 2.31. The molecule has 2 heterocycles. The van der Waals surface area contributed by atoms with Crippen molar-refractivity contribution in [2.45, 2.75) is 12.2 Å². The quantitative estimate of drug-likeness (QED) is 0.578. The van der Waals surface area contributed by atoms with Gasteiger partial charge in [-0.1, -0.05) is 12.1 Å². The molecule has 0 saturated carbocycles. The summed E-state index contributed by atoms with van der Waals surface area (Å²) >= 11 is 0. The summed E-state index contributed by atoms with van der Waals surface area (Å²) in [6.45, 7) is 2.12. The fourth-order valence-corrected chi connectivity index (χ4v) is 3.07. The normalized spacial score (nSPS) is 16.4. The van der Waals surface area contributed by atoms with Crippen molar-refractivity contribution in [3.63, 3.8) is 0 Å². The van der Waals surface area contributed by atoms with E-state index >= 15 is 0 Å². The molecule has 0 spiro atoms. The monoisotopic (exact) mass is 413 g/mol. The predicted molar refractivity (Wildman–Crippen MR) is 94.3 cm³/mol. The van der Waals surface area contributed by atoms with E-state index in [2.05, 4.69) is 5.32 Å². The molecule has 1 unspecified atom stereocenters. The Morgan fingerprint density at radius 2 is 1.83 bits per heavy atom. The van der Waals surface area contributed by atoms with Crippen LogP contribution in [-0.2, 0) is 10.9 Å². The van der Waals surface area contributed by atoms with Gasteiger partial charge in [0.25, 0.3) is 5.91 Å². The van der Waals surface area contributed by atoms with Crippen LogP contribution < -0.4 is 5.32 Å². The second-order valence-corrected chi connectivity index (χ2v) is 6.39. The topological polar surface area (TPSA) is 97.9 Å². The van der Waals surface area contributed by atoms with Crippen molar-refractivity contribution < 1.29 is 32.0 Å². The van der Waals surface area contributed by atoms with Crippen molar-refractivity contribution in [2.24, 2.45) is 0 Å². The van der Waals surface area contributed by atoms with Gasteiger partial charge in [0.1, 0.15) is 4.92 Å². The van der Waals surface area contributed by atoms with Crippen molar-refractivity contribution in [3.05, 3.63) is 63.4 Å². The van der Waals surface area contributed by atoms with E-state index in [1.807, 2.05) is 4.90 Å². The van der Waals surface area contributed by atoms with Gasteiger partial charge in [-0.2, -0.15) is 13.2 Å². The number of carbonyl (C=O) groups excluding carboxylic acids is 1. The lowest BCUT2D eigenvalue weighted by atomic mass is 10.0. The number of nitro groups is 1. The first kappa shape index (κ1) is 20.8. The SMILES string of the molecule is O=C(NCC(c1ccc(C(F)(F)F)cc1)N1CCOCC1)c1ccc([N+](=O)[O-])o1. The van der Waals surface area contributed by atoms with E-state index in [4.69, 9.17) is 9.15 Å². The molecule has 1 aliphatic rings. The zero-order chi connectivity index (χ0) is 21.0. The minimum atomic E-state index is -4.44. The highest BCUT2D eigenvalue weighted by atomic mass is 19.4. The molecule has 1 aromatic carbocycles. The van der Waals surface area contributed by atoms with Crippen LogP contribution in [0.4, 0.5) is 19.1 Å². The number of alkyl halides is 3. The van der Waals surface area contributed by atoms with Crippen molar-refractivity contribution in [1.29, 1.82) is 0 Å². The lowest BCUT2D eigenvalue weighted by Crippen LogP contribution is -2.43. The number of halogens is 3. The number of hydrogen-bond acceptors (Lipinski definition) is 6. The highest BCUT2D eigenvalue weighted by Gasteiger charge is 2.31. The van der Waals surface area contributed by atoms with Crippen molar-refractivity contribution in [3.8, 4) is 0 Å². The zero-order valence-corrected chi connectivity index (χ0v) is 15.1. The predicted octanol–water partition coefficient (Wildman–Crippen LogP) is 3.01. The Kier molecular flexibility index (Phi) is 6.18. The summed E-state index contributed by atoms with van der Waals surface area (Å²) in [5.74, 6) is -1.42. The van der Waals surface area contributed by atoms with Gasteiger partial charge < -0.3 is 14.5 Å². The van der Waals surface area contributed by atoms with Crippen LogP contribution in [0.3, 0.4) is 0 Å². The van der Waals surface area contributed by atoms with Crippen LogP contribution >= 0.6 is 0 Å². The van der Waals surface area contributed by atoms with Gasteiger partial charge in [-0.15, -0.1) is 0 Å². The van der Waals surface area contributed by atoms with Crippen LogP contribution in [0, 0.1) is 10.1 Å². The molecule has 2 aromatic rings. The molecule has 29 heavy (non-hydrogen) atoms. The van der Waals surface area contributed by atoms with Gasteiger partial charge in [0.05, 0.1) is 30.9 Å². The van der Waals surface area contributed by atoms with Gasteiger partial charge in [-0.3, -0.25) is 19.8 Å². The number of benzene rings is 1. The summed E-state index contributed by atoms with van der Waals surface area (Å²) in [6.07, 6.45) is -4.44. The van der Waals surface area contributed by atoms with Crippen LogP contribution in [0.5, 0.6) is 0 Å². The zero-order valence-electron chi connectivity index (χ0n) is 15.1. The molecular formula is C18H18F3N3O5. The van der Waals surface area contributed by atoms with Gasteiger partial charge in [0, 0.05) is 19.6 Å². The Morgan fingerprint density at radius 1 is 1.17 bits per heavy atom. The molecule has 156 valence electrons. The van der Waals surface area contributed by atoms with Crippen LogP contribution in [0.2, 0.25) is 0 Å². The Bertz CT molecular complexity index is 860. The molecule has 1 N–H and O–H groups in total. The Labute approximate surface area is 163 Å². The standard InChI is InChI=1S/C18H18F3N3O5/c19-18(20,21)13-3-1-12(2-4-13)14(23-7-9-28-10-8-23)11-22-17(25)15-5-6-16(29-15)24(26)27/h1-6,14H,7-11H2,(H,22,25). The van der Waals surface area contributed by atoms with Gasteiger partial charge in [0.2, 0.25) is 0 Å². The lowest BCUT2D eigenvalue weighted by Gasteiger charge is -2.35. The first-order valence-electron chi connectivity index (χ1n) is 8.77. The summed E-state index contributed by atoms with van der Waals surface area (Å²) < 4.78 is 48.7. The van der Waals surface area contributed by atoms with Crippen LogP contribution in [0.25, 0.3) is 0 Å². The number of nitrogens with zero attached hydrogens (tertiary/aromatic N) is 2. The molecule has 1 atom stereocenters. The molecule has 1 fully saturated rings. The third kappa shape index (κ3) is 5.12. The Hall–Kier alpha value is -2.92. The number of nitrogens with one attached hydrogen (secondary N) is 1. The fraction of sp³-hybridized carbons (Fsp3) is 0.389. The van der Waals surface area contributed by atoms with Crippen molar-refractivity contribution >= 4 is 11.8 Å². The molecule has 1 amide bonds.